The van der Waals surface area contributed by atoms with Gasteiger partial charge in [0.2, 0.25) is 11.8 Å². The summed E-state index contributed by atoms with van der Waals surface area (Å²) in [4.78, 5) is 39.4. The van der Waals surface area contributed by atoms with Crippen molar-refractivity contribution in [1.29, 1.82) is 0 Å². The van der Waals surface area contributed by atoms with Crippen LogP contribution in [0.5, 0.6) is 0 Å². The second-order valence-corrected chi connectivity index (χ2v) is 7.37. The van der Waals surface area contributed by atoms with E-state index >= 15 is 0 Å². The van der Waals surface area contributed by atoms with Gasteiger partial charge in [-0.2, -0.15) is 0 Å². The van der Waals surface area contributed by atoms with Gasteiger partial charge in [-0.25, -0.2) is 4.39 Å². The minimum atomic E-state index is -0.606. The number of hydrogen-bond donors (Lipinski definition) is 1. The van der Waals surface area contributed by atoms with Gasteiger partial charge in [-0.3, -0.25) is 14.4 Å². The number of likely N-dealkylation sites (tertiary alicyclic amines) is 1. The quantitative estimate of drug-likeness (QED) is 0.831. The van der Waals surface area contributed by atoms with Gasteiger partial charge in [-0.05, 0) is 30.5 Å². The molecule has 2 amide bonds. The molecule has 1 unspecified atom stereocenters. The van der Waals surface area contributed by atoms with Gasteiger partial charge in [0.15, 0.2) is 5.78 Å². The number of rotatable bonds is 3. The molecule has 2 aromatic carbocycles. The van der Waals surface area contributed by atoms with Crippen molar-refractivity contribution in [1.82, 2.24) is 4.90 Å². The molecule has 2 aromatic rings. The maximum atomic E-state index is 13.5. The van der Waals surface area contributed by atoms with E-state index in [0.29, 0.717) is 42.7 Å². The summed E-state index contributed by atoms with van der Waals surface area (Å²) in [5.74, 6) is -1.45. The number of anilines is 1. The molecule has 0 bridgehead atoms. The first-order valence-corrected chi connectivity index (χ1v) is 9.50. The second kappa shape index (κ2) is 7.54. The van der Waals surface area contributed by atoms with Crippen LogP contribution in [0.15, 0.2) is 48.5 Å². The van der Waals surface area contributed by atoms with Gasteiger partial charge in [-0.15, -0.1) is 0 Å². The molecule has 1 N–H and O–H groups in total. The lowest BCUT2D eigenvalue weighted by Gasteiger charge is -2.35. The van der Waals surface area contributed by atoms with Crippen molar-refractivity contribution in [3.05, 3.63) is 65.5 Å². The Labute approximate surface area is 162 Å². The minimum Gasteiger partial charge on any atom is -0.342 e. The third kappa shape index (κ3) is 3.54. The normalized spacial score (nSPS) is 19.7. The van der Waals surface area contributed by atoms with Crippen LogP contribution in [-0.2, 0) is 9.59 Å². The average molecular weight is 380 g/mol. The molecule has 4 rings (SSSR count). The number of nitrogens with zero attached hydrogens (tertiary/aromatic N) is 1. The van der Waals surface area contributed by atoms with Crippen molar-refractivity contribution < 1.29 is 18.8 Å². The van der Waals surface area contributed by atoms with E-state index in [-0.39, 0.29) is 29.9 Å². The number of ketones is 1. The third-order valence-electron chi connectivity index (χ3n) is 5.59. The lowest BCUT2D eigenvalue weighted by Crippen LogP contribution is -2.44. The molecule has 5 nitrogen and oxygen atoms in total. The van der Waals surface area contributed by atoms with Crippen LogP contribution in [-0.4, -0.2) is 35.6 Å². The topological polar surface area (TPSA) is 66.5 Å². The Hall–Kier alpha value is -3.02. The molecule has 0 spiro atoms. The van der Waals surface area contributed by atoms with Crippen molar-refractivity contribution in [2.24, 2.45) is 5.92 Å². The molecule has 1 fully saturated rings. The smallest absolute Gasteiger partial charge is 0.230 e. The van der Waals surface area contributed by atoms with Crippen molar-refractivity contribution in [2.75, 3.05) is 18.4 Å². The highest BCUT2D eigenvalue weighted by atomic mass is 19.1. The summed E-state index contributed by atoms with van der Waals surface area (Å²) < 4.78 is 13.5. The van der Waals surface area contributed by atoms with E-state index in [9.17, 15) is 18.8 Å². The standard InChI is InChI=1S/C22H21FN2O3/c23-16-6-7-17-18(13-20(26)24-19(17)12-16)22(28)25-10-8-15(9-11-25)21(27)14-4-2-1-3-5-14/h1-7,12,15,18H,8-11,13H2,(H,24,26). The van der Waals surface area contributed by atoms with Crippen LogP contribution >= 0.6 is 0 Å². The molecule has 2 aliphatic heterocycles. The van der Waals surface area contributed by atoms with Gasteiger partial charge >= 0.3 is 0 Å². The first-order valence-electron chi connectivity index (χ1n) is 9.50. The number of benzene rings is 2. The summed E-state index contributed by atoms with van der Waals surface area (Å²) >= 11 is 0. The van der Waals surface area contributed by atoms with Gasteiger partial charge in [0.25, 0.3) is 0 Å². The first kappa shape index (κ1) is 18.3. The van der Waals surface area contributed by atoms with Gasteiger partial charge in [0.1, 0.15) is 5.82 Å². The molecular weight excluding hydrogens is 359 g/mol. The minimum absolute atomic E-state index is 0.0559. The van der Waals surface area contributed by atoms with Gasteiger partial charge in [0, 0.05) is 36.7 Å². The fourth-order valence-electron chi connectivity index (χ4n) is 4.08. The second-order valence-electron chi connectivity index (χ2n) is 7.37. The van der Waals surface area contributed by atoms with E-state index in [1.165, 1.54) is 12.1 Å². The first-order chi connectivity index (χ1) is 13.5. The summed E-state index contributed by atoms with van der Waals surface area (Å²) in [5, 5.41) is 2.63. The SMILES string of the molecule is O=C1CC(C(=O)N2CCC(C(=O)c3ccccc3)CC2)c2ccc(F)cc2N1. The molecule has 1 saturated heterocycles. The molecule has 2 aliphatic rings. The number of Topliss-reactive ketones (excluding diaryl/α,β-unsaturated/α-hetero) is 1. The van der Waals surface area contributed by atoms with Crippen molar-refractivity contribution in [3.63, 3.8) is 0 Å². The van der Waals surface area contributed by atoms with Crippen LogP contribution in [0.1, 0.15) is 41.1 Å². The Kier molecular flexibility index (Phi) is 4.94. The zero-order valence-corrected chi connectivity index (χ0v) is 15.4. The highest BCUT2D eigenvalue weighted by molar-refractivity contribution is 6.01. The van der Waals surface area contributed by atoms with E-state index in [4.69, 9.17) is 0 Å². The Morgan fingerprint density at radius 1 is 1.04 bits per heavy atom. The number of nitrogens with one attached hydrogen (secondary N) is 1. The largest absolute Gasteiger partial charge is 0.342 e. The maximum absolute atomic E-state index is 13.5. The average Bonchev–Trinajstić information content (AvgIpc) is 2.72. The van der Waals surface area contributed by atoms with Crippen LogP contribution in [0.3, 0.4) is 0 Å². The van der Waals surface area contributed by atoms with Gasteiger partial charge in [-0.1, -0.05) is 36.4 Å². The number of carbonyl (C=O) groups excluding carboxylic acids is 3. The lowest BCUT2D eigenvalue weighted by atomic mass is 9.86. The van der Waals surface area contributed by atoms with Crippen LogP contribution in [0, 0.1) is 11.7 Å². The third-order valence-corrected chi connectivity index (χ3v) is 5.59. The molecule has 2 heterocycles. The fourth-order valence-corrected chi connectivity index (χ4v) is 4.08. The molecule has 0 radical (unpaired) electrons. The highest BCUT2D eigenvalue weighted by Gasteiger charge is 2.36. The number of piperidine rings is 1. The van der Waals surface area contributed by atoms with E-state index in [1.54, 1.807) is 11.0 Å². The molecular formula is C22H21FN2O3. The van der Waals surface area contributed by atoms with E-state index in [0.717, 1.165) is 0 Å². The van der Waals surface area contributed by atoms with Crippen molar-refractivity contribution in [3.8, 4) is 0 Å². The molecule has 28 heavy (non-hydrogen) atoms. The number of hydrogen-bond acceptors (Lipinski definition) is 3. The molecule has 0 aromatic heterocycles. The van der Waals surface area contributed by atoms with Crippen LogP contribution in [0.2, 0.25) is 0 Å². The highest BCUT2D eigenvalue weighted by Crippen LogP contribution is 2.35. The van der Waals surface area contributed by atoms with Crippen LogP contribution in [0.4, 0.5) is 10.1 Å². The Morgan fingerprint density at radius 2 is 1.75 bits per heavy atom. The Bertz CT molecular complexity index is 921. The number of fused-ring (bicyclic) bond motifs is 1. The summed E-state index contributed by atoms with van der Waals surface area (Å²) in [7, 11) is 0. The monoisotopic (exact) mass is 380 g/mol. The molecule has 0 saturated carbocycles. The summed E-state index contributed by atoms with van der Waals surface area (Å²) in [6.07, 6.45) is 1.27. The number of carbonyl (C=O) groups is 3. The molecule has 1 atom stereocenters. The Morgan fingerprint density at radius 3 is 2.46 bits per heavy atom. The number of amides is 2. The zero-order valence-electron chi connectivity index (χ0n) is 15.4. The van der Waals surface area contributed by atoms with E-state index in [2.05, 4.69) is 5.32 Å². The lowest BCUT2D eigenvalue weighted by molar-refractivity contribution is -0.136. The van der Waals surface area contributed by atoms with Gasteiger partial charge < -0.3 is 10.2 Å². The fraction of sp³-hybridized carbons (Fsp3) is 0.318. The van der Waals surface area contributed by atoms with Crippen LogP contribution in [0.25, 0.3) is 0 Å². The predicted octanol–water partition coefficient (Wildman–Crippen LogP) is 3.37. The molecule has 0 aliphatic carbocycles. The predicted molar refractivity (Wildman–Crippen MR) is 102 cm³/mol. The molecule has 144 valence electrons. The summed E-state index contributed by atoms with van der Waals surface area (Å²) in [6.45, 7) is 0.966. The molecule has 6 heteroatoms. The maximum Gasteiger partial charge on any atom is 0.230 e. The van der Waals surface area contributed by atoms with Crippen LogP contribution < -0.4 is 5.32 Å². The zero-order chi connectivity index (χ0) is 19.7. The van der Waals surface area contributed by atoms with E-state index in [1.807, 2.05) is 30.3 Å². The van der Waals surface area contributed by atoms with E-state index < -0.39 is 11.7 Å². The summed E-state index contributed by atoms with van der Waals surface area (Å²) in [5.41, 5.74) is 1.71. The Balaban J connectivity index is 1.45. The van der Waals surface area contributed by atoms with Crippen molar-refractivity contribution in [2.45, 2.75) is 25.2 Å². The summed E-state index contributed by atoms with van der Waals surface area (Å²) in [6, 6.07) is 13.3. The van der Waals surface area contributed by atoms with Crippen molar-refractivity contribution >= 4 is 23.3 Å². The number of halogens is 1. The van der Waals surface area contributed by atoms with Gasteiger partial charge in [0.05, 0.1) is 5.92 Å².